The van der Waals surface area contributed by atoms with E-state index in [9.17, 15) is 14.3 Å². The molecule has 0 aliphatic carbocycles. The summed E-state index contributed by atoms with van der Waals surface area (Å²) in [5, 5.41) is 12.2. The molecule has 2 fully saturated rings. The van der Waals surface area contributed by atoms with Crippen molar-refractivity contribution < 1.29 is 14.3 Å². The van der Waals surface area contributed by atoms with Crippen LogP contribution in [-0.4, -0.2) is 65.5 Å². The Morgan fingerprint density at radius 2 is 1.94 bits per heavy atom. The SMILES string of the molecule is O=C(c1cccc(C2=CCN=C2F)c1Cl)N1CCN2C[C@@](O)(c3ccc(Cl)cc3)CC[C@@H]2C1. The zero-order chi connectivity index (χ0) is 23.2. The number of nitrogens with zero attached hydrogens (tertiary/aromatic N) is 3. The molecule has 0 unspecified atom stereocenters. The van der Waals surface area contributed by atoms with Crippen molar-refractivity contribution in [3.63, 3.8) is 0 Å². The lowest BCUT2D eigenvalue weighted by Gasteiger charge is -2.49. The van der Waals surface area contributed by atoms with Crippen LogP contribution in [0.4, 0.5) is 4.39 Å². The van der Waals surface area contributed by atoms with E-state index in [4.69, 9.17) is 23.2 Å². The van der Waals surface area contributed by atoms with Gasteiger partial charge >= 0.3 is 0 Å². The van der Waals surface area contributed by atoms with Crippen molar-refractivity contribution in [3.8, 4) is 0 Å². The van der Waals surface area contributed by atoms with Crippen molar-refractivity contribution in [2.24, 2.45) is 4.99 Å². The molecular weight excluding hydrogens is 464 g/mol. The first-order valence-electron chi connectivity index (χ1n) is 11.1. The number of carbonyl (C=O) groups is 1. The maximum atomic E-state index is 14.0. The fraction of sp³-hybridized carbons (Fsp3) is 0.360. The summed E-state index contributed by atoms with van der Waals surface area (Å²) in [6.07, 6.45) is 3.06. The van der Waals surface area contributed by atoms with Gasteiger partial charge in [0.1, 0.15) is 5.60 Å². The lowest BCUT2D eigenvalue weighted by molar-refractivity contribution is -0.0740. The van der Waals surface area contributed by atoms with E-state index >= 15 is 0 Å². The molecule has 2 aromatic rings. The number of aliphatic imine (C=N–C) groups is 1. The Labute approximate surface area is 202 Å². The average Bonchev–Trinajstić information content (AvgIpc) is 3.24. The van der Waals surface area contributed by atoms with E-state index in [-0.39, 0.29) is 23.5 Å². The van der Waals surface area contributed by atoms with Crippen molar-refractivity contribution in [2.45, 2.75) is 24.5 Å². The number of hydrogen-bond donors (Lipinski definition) is 1. The smallest absolute Gasteiger partial charge is 0.255 e. The van der Waals surface area contributed by atoms with Crippen LogP contribution in [0.3, 0.4) is 0 Å². The molecule has 3 aliphatic rings. The molecule has 2 atom stereocenters. The van der Waals surface area contributed by atoms with Gasteiger partial charge in [0.25, 0.3) is 5.91 Å². The molecular formula is C25H24Cl2FN3O2. The lowest BCUT2D eigenvalue weighted by atomic mass is 9.82. The van der Waals surface area contributed by atoms with E-state index in [0.29, 0.717) is 54.3 Å². The molecule has 0 radical (unpaired) electrons. The topological polar surface area (TPSA) is 56.1 Å². The van der Waals surface area contributed by atoms with Gasteiger partial charge in [0.05, 0.1) is 17.1 Å². The molecule has 3 aliphatic heterocycles. The minimum Gasteiger partial charge on any atom is -0.384 e. The Hall–Kier alpha value is -2.25. The molecule has 2 saturated heterocycles. The molecule has 1 N–H and O–H groups in total. The van der Waals surface area contributed by atoms with Gasteiger partial charge in [-0.2, -0.15) is 4.39 Å². The van der Waals surface area contributed by atoms with Crippen LogP contribution in [0.2, 0.25) is 10.0 Å². The number of allylic oxidation sites excluding steroid dienone is 1. The third-order valence-electron chi connectivity index (χ3n) is 6.90. The highest BCUT2D eigenvalue weighted by molar-refractivity contribution is 6.37. The van der Waals surface area contributed by atoms with Gasteiger partial charge in [0.2, 0.25) is 5.97 Å². The first-order chi connectivity index (χ1) is 15.9. The normalized spacial score (nSPS) is 25.5. The number of aliphatic hydroxyl groups is 1. The highest BCUT2D eigenvalue weighted by Crippen LogP contribution is 2.37. The second kappa shape index (κ2) is 8.84. The summed E-state index contributed by atoms with van der Waals surface area (Å²) < 4.78 is 14.0. The van der Waals surface area contributed by atoms with Crippen LogP contribution in [0.1, 0.15) is 34.3 Å². The van der Waals surface area contributed by atoms with Crippen LogP contribution in [-0.2, 0) is 5.60 Å². The predicted octanol–water partition coefficient (Wildman–Crippen LogP) is 4.57. The summed E-state index contributed by atoms with van der Waals surface area (Å²) in [6.45, 7) is 2.56. The highest BCUT2D eigenvalue weighted by atomic mass is 35.5. The van der Waals surface area contributed by atoms with Gasteiger partial charge in [-0.1, -0.05) is 53.5 Å². The fourth-order valence-electron chi connectivity index (χ4n) is 5.06. The van der Waals surface area contributed by atoms with E-state index < -0.39 is 11.6 Å². The number of piperazine rings is 1. The number of amides is 1. The van der Waals surface area contributed by atoms with Crippen molar-refractivity contribution in [2.75, 3.05) is 32.7 Å². The molecule has 2 aromatic carbocycles. The monoisotopic (exact) mass is 487 g/mol. The number of benzene rings is 2. The Morgan fingerprint density at radius 3 is 2.67 bits per heavy atom. The van der Waals surface area contributed by atoms with Crippen LogP contribution in [0, 0.1) is 0 Å². The van der Waals surface area contributed by atoms with Gasteiger partial charge in [-0.05, 0) is 36.6 Å². The molecule has 5 rings (SSSR count). The van der Waals surface area contributed by atoms with E-state index in [1.165, 1.54) is 0 Å². The van der Waals surface area contributed by atoms with Gasteiger partial charge in [-0.15, -0.1) is 0 Å². The highest BCUT2D eigenvalue weighted by Gasteiger charge is 2.42. The summed E-state index contributed by atoms with van der Waals surface area (Å²) in [7, 11) is 0. The molecule has 33 heavy (non-hydrogen) atoms. The van der Waals surface area contributed by atoms with Gasteiger partial charge in [-0.3, -0.25) is 14.7 Å². The number of fused-ring (bicyclic) bond motifs is 1. The molecule has 5 nitrogen and oxygen atoms in total. The number of halogens is 3. The zero-order valence-electron chi connectivity index (χ0n) is 18.0. The van der Waals surface area contributed by atoms with Gasteiger partial charge in [0.15, 0.2) is 0 Å². The van der Waals surface area contributed by atoms with E-state index in [2.05, 4.69) is 9.89 Å². The van der Waals surface area contributed by atoms with Crippen LogP contribution >= 0.6 is 23.2 Å². The average molecular weight is 488 g/mol. The minimum atomic E-state index is -0.925. The summed E-state index contributed by atoms with van der Waals surface area (Å²) in [5.74, 6) is -0.707. The molecule has 0 bridgehead atoms. The van der Waals surface area contributed by atoms with Gasteiger partial charge in [-0.25, -0.2) is 0 Å². The van der Waals surface area contributed by atoms with Crippen molar-refractivity contribution in [3.05, 3.63) is 75.3 Å². The van der Waals surface area contributed by atoms with E-state index in [1.54, 1.807) is 36.4 Å². The summed E-state index contributed by atoms with van der Waals surface area (Å²) in [4.78, 5) is 21.2. The van der Waals surface area contributed by atoms with Crippen molar-refractivity contribution >= 4 is 40.6 Å². The third kappa shape index (κ3) is 4.21. The Bertz CT molecular complexity index is 1150. The number of piperidine rings is 1. The third-order valence-corrected chi connectivity index (χ3v) is 7.56. The molecule has 1 amide bonds. The fourth-order valence-corrected chi connectivity index (χ4v) is 5.49. The Kier molecular flexibility index (Phi) is 6.04. The number of carbonyl (C=O) groups excluding carboxylic acids is 1. The van der Waals surface area contributed by atoms with Crippen LogP contribution in [0.5, 0.6) is 0 Å². The van der Waals surface area contributed by atoms with E-state index in [1.807, 2.05) is 17.0 Å². The lowest BCUT2D eigenvalue weighted by Crippen LogP contribution is -2.60. The standard InChI is InChI=1S/C25H24Cl2FN3O2/c26-17-6-4-16(5-7-17)25(33)10-8-18-14-30(12-13-31(18)15-25)24(32)21-3-1-2-19(22(21)27)20-9-11-29-23(20)28/h1-7,9,18,33H,8,10-15H2/t18-,25-/m1/s1. The predicted molar refractivity (Wildman–Crippen MR) is 129 cm³/mol. The first-order valence-corrected chi connectivity index (χ1v) is 11.8. The largest absolute Gasteiger partial charge is 0.384 e. The van der Waals surface area contributed by atoms with Crippen LogP contribution < -0.4 is 0 Å². The maximum Gasteiger partial charge on any atom is 0.255 e. The van der Waals surface area contributed by atoms with Crippen LogP contribution in [0.25, 0.3) is 5.57 Å². The molecule has 0 aromatic heterocycles. The molecule has 8 heteroatoms. The second-order valence-corrected chi connectivity index (χ2v) is 9.68. The zero-order valence-corrected chi connectivity index (χ0v) is 19.5. The molecule has 0 saturated carbocycles. The number of rotatable bonds is 3. The summed E-state index contributed by atoms with van der Waals surface area (Å²) in [5.41, 5.74) is 1.14. The number of hydrogen-bond acceptors (Lipinski definition) is 4. The quantitative estimate of drug-likeness (QED) is 0.689. The Morgan fingerprint density at radius 1 is 1.15 bits per heavy atom. The summed E-state index contributed by atoms with van der Waals surface area (Å²) in [6, 6.07) is 12.6. The molecule has 0 spiro atoms. The van der Waals surface area contributed by atoms with Gasteiger partial charge in [0, 0.05) is 48.4 Å². The summed E-state index contributed by atoms with van der Waals surface area (Å²) >= 11 is 12.6. The van der Waals surface area contributed by atoms with Crippen molar-refractivity contribution in [1.29, 1.82) is 0 Å². The Balaban J connectivity index is 1.30. The molecule has 3 heterocycles. The second-order valence-electron chi connectivity index (χ2n) is 8.87. The first kappa shape index (κ1) is 22.5. The minimum absolute atomic E-state index is 0.156. The van der Waals surface area contributed by atoms with Crippen molar-refractivity contribution in [1.82, 2.24) is 9.80 Å². The maximum absolute atomic E-state index is 14.0. The van der Waals surface area contributed by atoms with Crippen LogP contribution in [0.15, 0.2) is 53.5 Å². The van der Waals surface area contributed by atoms with Gasteiger partial charge < -0.3 is 10.0 Å². The molecule has 172 valence electrons. The van der Waals surface area contributed by atoms with E-state index in [0.717, 1.165) is 12.0 Å².